The Morgan fingerprint density at radius 1 is 0.706 bits per heavy atom. The summed E-state index contributed by atoms with van der Waals surface area (Å²) in [6, 6.07) is 13.0. The number of anilines is 2. The lowest BCUT2D eigenvalue weighted by Crippen LogP contribution is -2.42. The van der Waals surface area contributed by atoms with Crippen LogP contribution in [0, 0.1) is 0 Å². The first kappa shape index (κ1) is 53.0. The van der Waals surface area contributed by atoms with Crippen molar-refractivity contribution in [1.82, 2.24) is 30.7 Å². The Bertz CT molecular complexity index is 2850. The maximum absolute atomic E-state index is 13.6. The molecule has 2 aliphatic heterocycles. The number of rotatable bonds is 10. The number of nitrogen functional groups attached to an aromatic ring is 1. The molecular formula is C45H56N10O12S. The molecule has 5 rings (SSSR count). The molecule has 2 atom stereocenters. The number of ether oxygens (including phenoxy) is 2. The summed E-state index contributed by atoms with van der Waals surface area (Å²) >= 11 is 0. The predicted molar refractivity (Wildman–Crippen MR) is 255 cm³/mol. The van der Waals surface area contributed by atoms with Gasteiger partial charge in [0.1, 0.15) is 16.9 Å². The molecule has 1 aromatic carbocycles. The van der Waals surface area contributed by atoms with Gasteiger partial charge < -0.3 is 15.2 Å². The minimum atomic E-state index is -3.98. The van der Waals surface area contributed by atoms with E-state index in [1.54, 1.807) is 103 Å². The number of alkyl carbamates (subject to hydrolysis) is 2. The highest BCUT2D eigenvalue weighted by molar-refractivity contribution is 7.91. The van der Waals surface area contributed by atoms with Crippen molar-refractivity contribution in [3.8, 4) is 0 Å². The van der Waals surface area contributed by atoms with E-state index in [0.717, 1.165) is 4.57 Å². The van der Waals surface area contributed by atoms with E-state index in [1.807, 2.05) is 0 Å². The van der Waals surface area contributed by atoms with Crippen molar-refractivity contribution in [3.05, 3.63) is 129 Å². The molecule has 68 heavy (non-hydrogen) atoms. The van der Waals surface area contributed by atoms with E-state index < -0.39 is 74.8 Å². The number of amidine groups is 2. The third-order valence-corrected chi connectivity index (χ3v) is 10.7. The molecule has 4 heterocycles. The first-order chi connectivity index (χ1) is 31.6. The minimum Gasteiger partial charge on any atom is -0.444 e. The summed E-state index contributed by atoms with van der Waals surface area (Å²) in [5.74, 6) is -1.97. The molecule has 22 nitrogen and oxygen atoms in total. The summed E-state index contributed by atoms with van der Waals surface area (Å²) in [6.07, 6.45) is 0.402. The number of amides is 4. The van der Waals surface area contributed by atoms with Gasteiger partial charge in [-0.1, -0.05) is 43.5 Å². The summed E-state index contributed by atoms with van der Waals surface area (Å²) < 4.78 is 40.8. The molecule has 0 spiro atoms. The lowest BCUT2D eigenvalue weighted by molar-refractivity contribution is -0.129. The van der Waals surface area contributed by atoms with Gasteiger partial charge in [-0.2, -0.15) is 0 Å². The lowest BCUT2D eigenvalue weighted by atomic mass is 9.93. The number of carbonyl (C=O) groups excluding carboxylic acids is 4. The monoisotopic (exact) mass is 960 g/mol. The number of hydrogen-bond donors (Lipinski definition) is 8. The van der Waals surface area contributed by atoms with Crippen molar-refractivity contribution in [2.24, 2.45) is 9.98 Å². The summed E-state index contributed by atoms with van der Waals surface area (Å²) in [4.78, 5) is 84.1. The van der Waals surface area contributed by atoms with Crippen LogP contribution >= 0.6 is 0 Å². The number of benzene rings is 1. The fourth-order valence-electron chi connectivity index (χ4n) is 6.49. The van der Waals surface area contributed by atoms with Crippen molar-refractivity contribution in [2.45, 2.75) is 97.3 Å². The SMILES string of the molecule is C=C1C(CC(=O)NO)=C(n2cccc(N)c2=O)C(NC(=O)OC(C)(C)C)=NC1C.C=C1C(CC(=O)NO)=C(n2cccc(NS(=O)(=O)Cc3ccccc3)c2=O)C(NC(=O)OC(C)(C)C)=NC1C. The highest BCUT2D eigenvalue weighted by Crippen LogP contribution is 2.31. The Morgan fingerprint density at radius 3 is 1.56 bits per heavy atom. The normalized spacial score (nSPS) is 16.3. The quantitative estimate of drug-likeness (QED) is 0.105. The Morgan fingerprint density at radius 2 is 1.13 bits per heavy atom. The molecule has 2 aromatic heterocycles. The molecule has 2 unspecified atom stereocenters. The van der Waals surface area contributed by atoms with Crippen LogP contribution in [0.4, 0.5) is 21.0 Å². The molecule has 3 aromatic rings. The van der Waals surface area contributed by atoms with Gasteiger partial charge in [0.05, 0.1) is 47.8 Å². The molecule has 0 bridgehead atoms. The fourth-order valence-corrected chi connectivity index (χ4v) is 7.68. The molecule has 0 fully saturated rings. The largest absolute Gasteiger partial charge is 0.444 e. The maximum atomic E-state index is 13.6. The van der Waals surface area contributed by atoms with Gasteiger partial charge in [-0.15, -0.1) is 0 Å². The van der Waals surface area contributed by atoms with Gasteiger partial charge in [0, 0.05) is 12.4 Å². The topological polar surface area (TPSA) is 316 Å². The molecule has 4 amide bonds. The van der Waals surface area contributed by atoms with E-state index in [-0.39, 0.29) is 52.2 Å². The molecule has 9 N–H and O–H groups in total. The van der Waals surface area contributed by atoms with Crippen LogP contribution in [-0.4, -0.2) is 86.9 Å². The van der Waals surface area contributed by atoms with Crippen LogP contribution in [-0.2, 0) is 34.8 Å². The van der Waals surface area contributed by atoms with Crippen molar-refractivity contribution < 1.29 is 47.5 Å². The van der Waals surface area contributed by atoms with Gasteiger partial charge in [0.25, 0.3) is 11.1 Å². The third-order valence-electron chi connectivity index (χ3n) is 9.48. The summed E-state index contributed by atoms with van der Waals surface area (Å²) in [5, 5.41) is 23.2. The van der Waals surface area contributed by atoms with Crippen molar-refractivity contribution in [1.29, 1.82) is 0 Å². The van der Waals surface area contributed by atoms with E-state index in [9.17, 15) is 37.2 Å². The molecule has 0 aliphatic carbocycles. The van der Waals surface area contributed by atoms with Gasteiger partial charge in [0.2, 0.25) is 21.8 Å². The van der Waals surface area contributed by atoms with Crippen LogP contribution in [0.15, 0.2) is 122 Å². The average Bonchev–Trinajstić information content (AvgIpc) is 3.23. The molecule has 2 aliphatic rings. The zero-order chi connectivity index (χ0) is 50.9. The van der Waals surface area contributed by atoms with Crippen LogP contribution in [0.2, 0.25) is 0 Å². The second-order valence-electron chi connectivity index (χ2n) is 17.3. The van der Waals surface area contributed by atoms with E-state index in [0.29, 0.717) is 22.3 Å². The molecule has 0 saturated heterocycles. The number of nitrogens with one attached hydrogen (secondary N) is 5. The highest BCUT2D eigenvalue weighted by atomic mass is 32.2. The number of aromatic nitrogens is 2. The summed E-state index contributed by atoms with van der Waals surface area (Å²) in [5.41, 5.74) is 7.51. The fraction of sp³-hybridized carbons (Fsp3) is 0.333. The second kappa shape index (κ2) is 21.8. The van der Waals surface area contributed by atoms with Gasteiger partial charge in [0.15, 0.2) is 11.7 Å². The predicted octanol–water partition coefficient (Wildman–Crippen LogP) is 4.20. The number of sulfonamides is 1. The number of nitrogens with two attached hydrogens (primary N) is 1. The second-order valence-corrected chi connectivity index (χ2v) is 19.0. The number of nitrogens with zero attached hydrogens (tertiary/aromatic N) is 4. The molecule has 23 heteroatoms. The van der Waals surface area contributed by atoms with Crippen molar-refractivity contribution >= 4 is 68.5 Å². The van der Waals surface area contributed by atoms with E-state index in [1.165, 1.54) is 35.2 Å². The third kappa shape index (κ3) is 14.2. The van der Waals surface area contributed by atoms with Gasteiger partial charge in [-0.3, -0.25) is 64.1 Å². The smallest absolute Gasteiger partial charge is 0.413 e. The maximum Gasteiger partial charge on any atom is 0.413 e. The molecular weight excluding hydrogens is 905 g/mol. The lowest BCUT2D eigenvalue weighted by Gasteiger charge is -2.28. The van der Waals surface area contributed by atoms with Gasteiger partial charge >= 0.3 is 12.2 Å². The van der Waals surface area contributed by atoms with Crippen molar-refractivity contribution in [3.63, 3.8) is 0 Å². The van der Waals surface area contributed by atoms with Crippen LogP contribution in [0.3, 0.4) is 0 Å². The molecule has 0 saturated carbocycles. The Kier molecular flexibility index (Phi) is 17.0. The number of pyridine rings is 2. The average molecular weight is 961 g/mol. The first-order valence-electron chi connectivity index (χ1n) is 20.8. The van der Waals surface area contributed by atoms with E-state index in [2.05, 4.69) is 38.5 Å². The molecule has 0 radical (unpaired) electrons. The standard InChI is InChI=1S/C26H31N5O7S.C19H25N5O5/c1-16-17(2)27-23(28-25(34)38-26(3,4)5)22(19(16)14-21(32)29-35)31-13-9-12-20(24(31)33)30-39(36,37)15-18-10-7-6-8-11-18;1-10-11(2)21-16(22-18(27)29-19(3,4)5)15(12(10)9-14(25)23-28)24-8-6-7-13(20)17(24)26/h6-13,17,30,35H,1,14-15H2,2-5H3,(H,29,32)(H,27,28,34);6-8,11,28H,1,9,20H2,2-5H3,(H,23,25)(H,21,22,27). The number of dihydropyridines is 2. The zero-order valence-electron chi connectivity index (χ0n) is 38.8. The van der Waals surface area contributed by atoms with E-state index >= 15 is 0 Å². The highest BCUT2D eigenvalue weighted by Gasteiger charge is 2.33. The Labute approximate surface area is 392 Å². The van der Waals surface area contributed by atoms with Crippen LogP contribution in [0.1, 0.15) is 73.8 Å². The van der Waals surface area contributed by atoms with Crippen LogP contribution in [0.25, 0.3) is 11.4 Å². The van der Waals surface area contributed by atoms with Crippen molar-refractivity contribution in [2.75, 3.05) is 10.5 Å². The minimum absolute atomic E-state index is 0.0209. The van der Waals surface area contributed by atoms with E-state index in [4.69, 9.17) is 25.6 Å². The zero-order valence-corrected chi connectivity index (χ0v) is 39.6. The first-order valence-corrected chi connectivity index (χ1v) is 22.4. The Balaban J connectivity index is 0.000000310. The number of hydroxylamine groups is 2. The number of hydrogen-bond acceptors (Lipinski definition) is 15. The summed E-state index contributed by atoms with van der Waals surface area (Å²) in [6.45, 7) is 21.4. The van der Waals surface area contributed by atoms with Crippen LogP contribution in [0.5, 0.6) is 0 Å². The Hall–Kier alpha value is -7.63. The number of carbonyl (C=O) groups is 4. The van der Waals surface area contributed by atoms with Gasteiger partial charge in [-0.05, 0) is 108 Å². The molecule has 364 valence electrons. The summed E-state index contributed by atoms with van der Waals surface area (Å²) in [7, 11) is -3.98. The van der Waals surface area contributed by atoms with Crippen LogP contribution < -0.4 is 43.2 Å². The number of aliphatic imine (C=N–C) groups is 2. The van der Waals surface area contributed by atoms with Gasteiger partial charge in [-0.25, -0.2) is 29.0 Å².